The highest BCUT2D eigenvalue weighted by Crippen LogP contribution is 2.27. The lowest BCUT2D eigenvalue weighted by Gasteiger charge is -2.33. The quantitative estimate of drug-likeness (QED) is 0.543. The van der Waals surface area contributed by atoms with Gasteiger partial charge >= 0.3 is 0 Å². The molecule has 1 aliphatic rings. The average molecular weight is 380 g/mol. The van der Waals surface area contributed by atoms with Gasteiger partial charge in [0.15, 0.2) is 5.76 Å². The molecule has 1 saturated heterocycles. The van der Waals surface area contributed by atoms with Crippen LogP contribution in [0.2, 0.25) is 0 Å². The molecule has 0 saturated carbocycles. The molecule has 0 spiro atoms. The first-order valence-corrected chi connectivity index (χ1v) is 9.44. The third-order valence-corrected chi connectivity index (χ3v) is 5.54. The topological polar surface area (TPSA) is 79.8 Å². The van der Waals surface area contributed by atoms with Gasteiger partial charge in [0.1, 0.15) is 0 Å². The number of anilines is 1. The summed E-state index contributed by atoms with van der Waals surface area (Å²) in [5.74, 6) is 0.328. The maximum Gasteiger partial charge on any atom is 0.289 e. The van der Waals surface area contributed by atoms with Crippen LogP contribution in [-0.4, -0.2) is 56.6 Å². The summed E-state index contributed by atoms with van der Waals surface area (Å²) in [6, 6.07) is 7.31. The number of hydrogen-bond donors (Lipinski definition) is 0. The number of nitrogens with zero attached hydrogens (tertiary/aromatic N) is 6. The second-order valence-corrected chi connectivity index (χ2v) is 7.17. The van der Waals surface area contributed by atoms with E-state index in [1.165, 1.54) is 6.26 Å². The SMILES string of the molecule is O=C(c1ccco1)N1CCN(c2nn3cc(-c4cccnc4)nc3s2)CC1. The molecule has 0 radical (unpaired) electrons. The Morgan fingerprint density at radius 2 is 2.04 bits per heavy atom. The second kappa shape index (κ2) is 6.51. The zero-order valence-electron chi connectivity index (χ0n) is 14.4. The second-order valence-electron chi connectivity index (χ2n) is 6.24. The molecule has 4 aromatic rings. The standard InChI is InChI=1S/C18H16N6O2S/c25-16(15-4-2-10-26-15)22-6-8-23(9-7-22)18-21-24-12-14(20-17(24)27-18)13-3-1-5-19-11-13/h1-5,10-12H,6-9H2. The van der Waals surface area contributed by atoms with Crippen molar-refractivity contribution in [3.05, 3.63) is 54.9 Å². The maximum atomic E-state index is 12.4. The smallest absolute Gasteiger partial charge is 0.289 e. The van der Waals surface area contributed by atoms with E-state index in [9.17, 15) is 4.79 Å². The summed E-state index contributed by atoms with van der Waals surface area (Å²) in [6.07, 6.45) is 6.98. The van der Waals surface area contributed by atoms with Crippen molar-refractivity contribution in [2.45, 2.75) is 0 Å². The van der Waals surface area contributed by atoms with Crippen molar-refractivity contribution in [2.24, 2.45) is 0 Å². The Morgan fingerprint density at radius 3 is 2.74 bits per heavy atom. The van der Waals surface area contributed by atoms with Gasteiger partial charge in [-0.05, 0) is 24.3 Å². The summed E-state index contributed by atoms with van der Waals surface area (Å²) in [5.41, 5.74) is 1.84. The van der Waals surface area contributed by atoms with Crippen molar-refractivity contribution < 1.29 is 9.21 Å². The number of aromatic nitrogens is 4. The summed E-state index contributed by atoms with van der Waals surface area (Å²) >= 11 is 1.55. The Balaban J connectivity index is 1.29. The molecule has 0 N–H and O–H groups in total. The van der Waals surface area contributed by atoms with Crippen LogP contribution in [0.25, 0.3) is 16.2 Å². The molecule has 0 aromatic carbocycles. The highest BCUT2D eigenvalue weighted by Gasteiger charge is 2.25. The molecule has 1 amide bonds. The fraction of sp³-hybridized carbons (Fsp3) is 0.222. The van der Waals surface area contributed by atoms with Crippen LogP contribution in [0.4, 0.5) is 5.13 Å². The fourth-order valence-electron chi connectivity index (χ4n) is 3.13. The molecule has 9 heteroatoms. The summed E-state index contributed by atoms with van der Waals surface area (Å²) in [5, 5.41) is 5.58. The number of imidazole rings is 1. The number of piperazine rings is 1. The lowest BCUT2D eigenvalue weighted by molar-refractivity contribution is 0.0714. The van der Waals surface area contributed by atoms with Crippen LogP contribution in [0.1, 0.15) is 10.6 Å². The van der Waals surface area contributed by atoms with Gasteiger partial charge in [0.05, 0.1) is 18.2 Å². The first kappa shape index (κ1) is 16.0. The van der Waals surface area contributed by atoms with E-state index in [0.29, 0.717) is 18.8 Å². The highest BCUT2D eigenvalue weighted by atomic mass is 32.1. The molecule has 5 rings (SSSR count). The molecule has 0 atom stereocenters. The van der Waals surface area contributed by atoms with E-state index in [4.69, 9.17) is 4.42 Å². The molecule has 0 unspecified atom stereocenters. The number of fused-ring (bicyclic) bond motifs is 1. The van der Waals surface area contributed by atoms with Gasteiger partial charge in [-0.2, -0.15) is 0 Å². The largest absolute Gasteiger partial charge is 0.459 e. The Bertz CT molecular complexity index is 1030. The summed E-state index contributed by atoms with van der Waals surface area (Å²) in [4.78, 5) is 26.0. The molecule has 1 fully saturated rings. The van der Waals surface area contributed by atoms with Crippen LogP contribution in [0.15, 0.2) is 53.5 Å². The van der Waals surface area contributed by atoms with Crippen LogP contribution < -0.4 is 4.90 Å². The van der Waals surface area contributed by atoms with E-state index in [-0.39, 0.29) is 5.91 Å². The molecular formula is C18H16N6O2S. The van der Waals surface area contributed by atoms with Crippen LogP contribution in [-0.2, 0) is 0 Å². The van der Waals surface area contributed by atoms with E-state index in [0.717, 1.165) is 34.4 Å². The lowest BCUT2D eigenvalue weighted by atomic mass is 10.2. The van der Waals surface area contributed by atoms with Gasteiger partial charge in [0, 0.05) is 44.1 Å². The molecule has 5 heterocycles. The first-order chi connectivity index (χ1) is 13.3. The van der Waals surface area contributed by atoms with Crippen molar-refractivity contribution in [3.63, 3.8) is 0 Å². The molecule has 136 valence electrons. The minimum atomic E-state index is -0.0605. The van der Waals surface area contributed by atoms with Gasteiger partial charge in [0.2, 0.25) is 10.1 Å². The van der Waals surface area contributed by atoms with Gasteiger partial charge in [-0.1, -0.05) is 11.3 Å². The van der Waals surface area contributed by atoms with Crippen molar-refractivity contribution in [3.8, 4) is 11.3 Å². The van der Waals surface area contributed by atoms with Crippen molar-refractivity contribution in [1.29, 1.82) is 0 Å². The number of carbonyl (C=O) groups excluding carboxylic acids is 1. The molecular weight excluding hydrogens is 364 g/mol. The number of rotatable bonds is 3. The molecule has 0 bridgehead atoms. The van der Waals surface area contributed by atoms with E-state index in [1.54, 1.807) is 35.9 Å². The third-order valence-electron chi connectivity index (χ3n) is 4.56. The van der Waals surface area contributed by atoms with Crippen LogP contribution in [0.5, 0.6) is 0 Å². The third kappa shape index (κ3) is 2.95. The van der Waals surface area contributed by atoms with E-state index < -0.39 is 0 Å². The minimum absolute atomic E-state index is 0.0605. The molecule has 4 aromatic heterocycles. The Labute approximate surface area is 158 Å². The number of hydrogen-bond acceptors (Lipinski definition) is 7. The number of pyridine rings is 1. The normalized spacial score (nSPS) is 14.8. The van der Waals surface area contributed by atoms with E-state index in [2.05, 4.69) is 20.0 Å². The summed E-state index contributed by atoms with van der Waals surface area (Å²) < 4.78 is 7.01. The predicted molar refractivity (Wildman–Crippen MR) is 101 cm³/mol. The average Bonchev–Trinajstić information content (AvgIpc) is 3.44. The maximum absolute atomic E-state index is 12.4. The number of amides is 1. The van der Waals surface area contributed by atoms with Gasteiger partial charge in [0.25, 0.3) is 5.91 Å². The number of furan rings is 1. The molecule has 27 heavy (non-hydrogen) atoms. The minimum Gasteiger partial charge on any atom is -0.459 e. The predicted octanol–water partition coefficient (Wildman–Crippen LogP) is 2.41. The number of carbonyl (C=O) groups is 1. The zero-order valence-corrected chi connectivity index (χ0v) is 15.2. The van der Waals surface area contributed by atoms with Crippen molar-refractivity contribution in [2.75, 3.05) is 31.1 Å². The van der Waals surface area contributed by atoms with Crippen molar-refractivity contribution >= 4 is 27.3 Å². The summed E-state index contributed by atoms with van der Waals surface area (Å²) in [7, 11) is 0. The van der Waals surface area contributed by atoms with E-state index in [1.807, 2.05) is 27.7 Å². The lowest BCUT2D eigenvalue weighted by Crippen LogP contribution is -2.48. The molecule has 0 aliphatic carbocycles. The summed E-state index contributed by atoms with van der Waals surface area (Å²) in [6.45, 7) is 2.75. The van der Waals surface area contributed by atoms with Crippen LogP contribution >= 0.6 is 11.3 Å². The van der Waals surface area contributed by atoms with Gasteiger partial charge in [-0.15, -0.1) is 5.10 Å². The van der Waals surface area contributed by atoms with E-state index >= 15 is 0 Å². The highest BCUT2D eigenvalue weighted by molar-refractivity contribution is 7.20. The molecule has 1 aliphatic heterocycles. The van der Waals surface area contributed by atoms with Crippen LogP contribution in [0, 0.1) is 0 Å². The molecule has 8 nitrogen and oxygen atoms in total. The van der Waals surface area contributed by atoms with Gasteiger partial charge < -0.3 is 14.2 Å². The van der Waals surface area contributed by atoms with Gasteiger partial charge in [-0.3, -0.25) is 9.78 Å². The van der Waals surface area contributed by atoms with Crippen LogP contribution in [0.3, 0.4) is 0 Å². The van der Waals surface area contributed by atoms with Crippen molar-refractivity contribution in [1.82, 2.24) is 24.5 Å². The Morgan fingerprint density at radius 1 is 1.15 bits per heavy atom. The first-order valence-electron chi connectivity index (χ1n) is 8.62. The Kier molecular flexibility index (Phi) is 3.86. The zero-order chi connectivity index (χ0) is 18.2. The van der Waals surface area contributed by atoms with Gasteiger partial charge in [-0.25, -0.2) is 9.50 Å². The monoisotopic (exact) mass is 380 g/mol. The fourth-order valence-corrected chi connectivity index (χ4v) is 4.06. The Hall–Kier alpha value is -3.20.